The summed E-state index contributed by atoms with van der Waals surface area (Å²) in [6, 6.07) is 18.6. The second-order valence-corrected chi connectivity index (χ2v) is 8.94. The van der Waals surface area contributed by atoms with Gasteiger partial charge in [0.15, 0.2) is 5.43 Å². The number of fused-ring (bicyclic) bond motifs is 2. The van der Waals surface area contributed by atoms with Crippen LogP contribution in [0, 0.1) is 6.92 Å². The van der Waals surface area contributed by atoms with Gasteiger partial charge < -0.3 is 13.9 Å². The van der Waals surface area contributed by atoms with Gasteiger partial charge in [0.2, 0.25) is 5.76 Å². The molecule has 1 aromatic heterocycles. The lowest BCUT2D eigenvalue weighted by Crippen LogP contribution is -2.29. The number of carbonyl (C=O) groups is 2. The van der Waals surface area contributed by atoms with Gasteiger partial charge in [0.1, 0.15) is 11.3 Å². The monoisotopic (exact) mass is 497 g/mol. The maximum atomic E-state index is 13.8. The third-order valence-electron chi connectivity index (χ3n) is 6.35. The summed E-state index contributed by atoms with van der Waals surface area (Å²) >= 11 is 0. The molecule has 1 amide bonds. The summed E-state index contributed by atoms with van der Waals surface area (Å²) in [5.41, 5.74) is 2.98. The number of nitrogens with zero attached hydrogens (tertiary/aromatic N) is 1. The van der Waals surface area contributed by atoms with E-state index in [1.165, 1.54) is 4.90 Å². The number of hydrogen-bond donors (Lipinski definition) is 0. The fourth-order valence-corrected chi connectivity index (χ4v) is 4.61. The predicted octanol–water partition coefficient (Wildman–Crippen LogP) is 5.82. The second kappa shape index (κ2) is 9.93. The maximum Gasteiger partial charge on any atom is 0.338 e. The Morgan fingerprint density at radius 2 is 1.70 bits per heavy atom. The zero-order valence-electron chi connectivity index (χ0n) is 20.9. The van der Waals surface area contributed by atoms with Crippen molar-refractivity contribution in [3.8, 4) is 5.75 Å². The van der Waals surface area contributed by atoms with E-state index in [0.717, 1.165) is 17.5 Å². The summed E-state index contributed by atoms with van der Waals surface area (Å²) in [4.78, 5) is 41.2. The quantitative estimate of drug-likeness (QED) is 0.299. The Morgan fingerprint density at radius 1 is 0.973 bits per heavy atom. The Labute approximate surface area is 214 Å². The molecule has 1 unspecified atom stereocenters. The number of carbonyl (C=O) groups excluding carboxylic acids is 2. The fraction of sp³-hybridized carbons (Fsp3) is 0.233. The van der Waals surface area contributed by atoms with Crippen LogP contribution in [0.4, 0.5) is 5.69 Å². The summed E-state index contributed by atoms with van der Waals surface area (Å²) < 4.78 is 16.8. The average molecular weight is 498 g/mol. The van der Waals surface area contributed by atoms with Crippen molar-refractivity contribution in [3.63, 3.8) is 0 Å². The molecule has 1 atom stereocenters. The van der Waals surface area contributed by atoms with Crippen molar-refractivity contribution in [2.75, 3.05) is 18.1 Å². The molecule has 0 fully saturated rings. The van der Waals surface area contributed by atoms with Crippen LogP contribution in [0.5, 0.6) is 5.75 Å². The van der Waals surface area contributed by atoms with Crippen molar-refractivity contribution in [2.24, 2.45) is 0 Å². The van der Waals surface area contributed by atoms with E-state index in [2.05, 4.69) is 0 Å². The maximum absolute atomic E-state index is 13.8. The van der Waals surface area contributed by atoms with Gasteiger partial charge in [-0.3, -0.25) is 14.5 Å². The molecule has 37 heavy (non-hydrogen) atoms. The van der Waals surface area contributed by atoms with Crippen LogP contribution < -0.4 is 15.1 Å². The Morgan fingerprint density at radius 3 is 2.38 bits per heavy atom. The first-order chi connectivity index (χ1) is 17.9. The summed E-state index contributed by atoms with van der Waals surface area (Å²) in [7, 11) is 0. The predicted molar refractivity (Wildman–Crippen MR) is 140 cm³/mol. The molecule has 4 aromatic rings. The lowest BCUT2D eigenvalue weighted by atomic mass is 9.97. The van der Waals surface area contributed by atoms with Gasteiger partial charge >= 0.3 is 5.97 Å². The minimum absolute atomic E-state index is 0.0205. The number of ether oxygens (including phenoxy) is 2. The molecule has 1 aliphatic heterocycles. The molecule has 0 saturated heterocycles. The van der Waals surface area contributed by atoms with Gasteiger partial charge in [-0.2, -0.15) is 0 Å². The highest BCUT2D eigenvalue weighted by molar-refractivity contribution is 6.10. The number of esters is 1. The van der Waals surface area contributed by atoms with Gasteiger partial charge in [0, 0.05) is 5.69 Å². The van der Waals surface area contributed by atoms with Crippen molar-refractivity contribution in [1.29, 1.82) is 0 Å². The van der Waals surface area contributed by atoms with Crippen LogP contribution in [-0.2, 0) is 4.74 Å². The summed E-state index contributed by atoms with van der Waals surface area (Å²) in [5, 5.41) is 0.430. The van der Waals surface area contributed by atoms with Gasteiger partial charge in [-0.05, 0) is 74.4 Å². The summed E-state index contributed by atoms with van der Waals surface area (Å²) in [6.45, 7) is 6.54. The molecule has 7 heteroatoms. The van der Waals surface area contributed by atoms with E-state index in [1.807, 2.05) is 44.2 Å². The van der Waals surface area contributed by atoms with Crippen LogP contribution in [-0.4, -0.2) is 25.1 Å². The minimum atomic E-state index is -0.711. The molecule has 2 heterocycles. The van der Waals surface area contributed by atoms with Crippen LogP contribution >= 0.6 is 0 Å². The van der Waals surface area contributed by atoms with Crippen molar-refractivity contribution in [2.45, 2.75) is 33.2 Å². The normalized spacial score (nSPS) is 14.6. The Balaban J connectivity index is 1.65. The summed E-state index contributed by atoms with van der Waals surface area (Å²) in [6.07, 6.45) is 0.884. The minimum Gasteiger partial charge on any atom is -0.494 e. The van der Waals surface area contributed by atoms with E-state index in [-0.39, 0.29) is 17.8 Å². The van der Waals surface area contributed by atoms with Crippen LogP contribution in [0.3, 0.4) is 0 Å². The molecule has 0 saturated carbocycles. The van der Waals surface area contributed by atoms with E-state index in [1.54, 1.807) is 43.3 Å². The number of aryl methyl sites for hydroxylation is 1. The van der Waals surface area contributed by atoms with E-state index in [9.17, 15) is 14.4 Å². The highest BCUT2D eigenvalue weighted by Gasteiger charge is 2.43. The number of benzene rings is 3. The number of hydrogen-bond acceptors (Lipinski definition) is 6. The van der Waals surface area contributed by atoms with E-state index < -0.39 is 17.9 Å². The van der Waals surface area contributed by atoms with Crippen molar-refractivity contribution in [3.05, 3.63) is 105 Å². The molecule has 0 aliphatic carbocycles. The molecule has 3 aromatic carbocycles. The molecular weight excluding hydrogens is 470 g/mol. The Kier molecular flexibility index (Phi) is 6.53. The second-order valence-electron chi connectivity index (χ2n) is 8.94. The SMILES string of the molecule is CCCOc1ccc(C2c3c(oc4ccc(C)cc4c3=O)C(=O)N2c2ccc(C(=O)OCC)cc2)cc1. The van der Waals surface area contributed by atoms with Crippen molar-refractivity contribution in [1.82, 2.24) is 0 Å². The number of rotatable bonds is 7. The number of anilines is 1. The van der Waals surface area contributed by atoms with Crippen LogP contribution in [0.25, 0.3) is 11.0 Å². The Hall–Kier alpha value is -4.39. The largest absolute Gasteiger partial charge is 0.494 e. The molecule has 0 N–H and O–H groups in total. The zero-order chi connectivity index (χ0) is 26.1. The lowest BCUT2D eigenvalue weighted by molar-refractivity contribution is 0.0526. The van der Waals surface area contributed by atoms with E-state index in [4.69, 9.17) is 13.9 Å². The molecule has 188 valence electrons. The van der Waals surface area contributed by atoms with E-state index in [0.29, 0.717) is 40.1 Å². The van der Waals surface area contributed by atoms with Gasteiger partial charge in [-0.15, -0.1) is 0 Å². The van der Waals surface area contributed by atoms with Crippen molar-refractivity contribution >= 4 is 28.5 Å². The molecule has 0 spiro atoms. The highest BCUT2D eigenvalue weighted by Crippen LogP contribution is 2.41. The van der Waals surface area contributed by atoms with Gasteiger partial charge in [0.05, 0.1) is 35.8 Å². The topological polar surface area (TPSA) is 86.0 Å². The average Bonchev–Trinajstić information content (AvgIpc) is 3.20. The first-order valence-corrected chi connectivity index (χ1v) is 12.3. The summed E-state index contributed by atoms with van der Waals surface area (Å²) in [5.74, 6) is -0.133. The van der Waals surface area contributed by atoms with Gasteiger partial charge in [-0.1, -0.05) is 30.7 Å². The molecule has 7 nitrogen and oxygen atoms in total. The highest BCUT2D eigenvalue weighted by atomic mass is 16.5. The van der Waals surface area contributed by atoms with E-state index >= 15 is 0 Å². The smallest absolute Gasteiger partial charge is 0.338 e. The Bertz CT molecular complexity index is 1540. The standard InChI is InChI=1S/C30H27NO6/c1-4-16-36-22-13-9-19(10-14-22)26-25-27(32)23-17-18(3)6-15-24(23)37-28(25)29(33)31(26)21-11-7-20(8-12-21)30(34)35-5-2/h6-15,17,26H,4-5,16H2,1-3H3. The number of amides is 1. The third-order valence-corrected chi connectivity index (χ3v) is 6.35. The zero-order valence-corrected chi connectivity index (χ0v) is 20.9. The van der Waals surface area contributed by atoms with Gasteiger partial charge in [0.25, 0.3) is 5.91 Å². The van der Waals surface area contributed by atoms with Crippen molar-refractivity contribution < 1.29 is 23.5 Å². The molecule has 0 radical (unpaired) electrons. The van der Waals surface area contributed by atoms with Crippen LogP contribution in [0.2, 0.25) is 0 Å². The molecule has 5 rings (SSSR count). The van der Waals surface area contributed by atoms with Gasteiger partial charge in [-0.25, -0.2) is 4.79 Å². The van der Waals surface area contributed by atoms with Crippen LogP contribution in [0.1, 0.15) is 63.9 Å². The lowest BCUT2D eigenvalue weighted by Gasteiger charge is -2.25. The first kappa shape index (κ1) is 24.3. The molecule has 0 bridgehead atoms. The third kappa shape index (κ3) is 4.37. The van der Waals surface area contributed by atoms with Crippen LogP contribution in [0.15, 0.2) is 75.9 Å². The molecule has 1 aliphatic rings. The first-order valence-electron chi connectivity index (χ1n) is 12.3. The fourth-order valence-electron chi connectivity index (χ4n) is 4.61. The molecular formula is C30H27NO6.